The Morgan fingerprint density at radius 2 is 1.76 bits per heavy atom. The average Bonchev–Trinajstić information content (AvgIpc) is 2.54. The van der Waals surface area contributed by atoms with Crippen molar-refractivity contribution >= 4 is 11.6 Å². The van der Waals surface area contributed by atoms with Gasteiger partial charge in [-0.25, -0.2) is 4.98 Å². The molecule has 21 heavy (non-hydrogen) atoms. The number of rotatable bonds is 1. The third-order valence-electron chi connectivity index (χ3n) is 3.90. The lowest BCUT2D eigenvalue weighted by Crippen LogP contribution is -2.29. The molecule has 0 spiro atoms. The van der Waals surface area contributed by atoms with Crippen LogP contribution in [0, 0.1) is 22.7 Å². The van der Waals surface area contributed by atoms with Gasteiger partial charge in [-0.05, 0) is 43.0 Å². The van der Waals surface area contributed by atoms with E-state index in [1.54, 1.807) is 12.1 Å². The summed E-state index contributed by atoms with van der Waals surface area (Å²) in [6.07, 6.45) is 2.26. The van der Waals surface area contributed by atoms with E-state index in [2.05, 4.69) is 17.1 Å². The second-order valence-corrected chi connectivity index (χ2v) is 5.63. The van der Waals surface area contributed by atoms with E-state index in [0.29, 0.717) is 17.1 Å². The number of benzene rings is 1. The highest BCUT2D eigenvalue weighted by molar-refractivity contribution is 6.30. The van der Waals surface area contributed by atoms with Gasteiger partial charge in [-0.15, -0.1) is 0 Å². The summed E-state index contributed by atoms with van der Waals surface area (Å²) in [4.78, 5) is 4.62. The zero-order chi connectivity index (χ0) is 14.9. The molecule has 0 aliphatic heterocycles. The Labute approximate surface area is 128 Å². The zero-order valence-corrected chi connectivity index (χ0v) is 12.1. The minimum Gasteiger partial charge on any atom is -0.250 e. The Bertz CT molecular complexity index is 752. The van der Waals surface area contributed by atoms with E-state index in [1.807, 2.05) is 24.3 Å². The van der Waals surface area contributed by atoms with Gasteiger partial charge in [-0.1, -0.05) is 29.8 Å². The van der Waals surface area contributed by atoms with Crippen molar-refractivity contribution in [3.8, 4) is 23.4 Å². The topological polar surface area (TPSA) is 60.5 Å². The monoisotopic (exact) mass is 293 g/mol. The third-order valence-corrected chi connectivity index (χ3v) is 4.15. The van der Waals surface area contributed by atoms with Crippen molar-refractivity contribution in [2.75, 3.05) is 0 Å². The van der Waals surface area contributed by atoms with Crippen LogP contribution in [0.4, 0.5) is 0 Å². The van der Waals surface area contributed by atoms with Crippen LogP contribution in [-0.2, 0) is 11.8 Å². The van der Waals surface area contributed by atoms with Gasteiger partial charge >= 0.3 is 0 Å². The lowest BCUT2D eigenvalue weighted by Gasteiger charge is -2.26. The molecule has 0 amide bonds. The van der Waals surface area contributed by atoms with Crippen molar-refractivity contribution in [2.45, 2.75) is 24.7 Å². The van der Waals surface area contributed by atoms with E-state index >= 15 is 0 Å². The van der Waals surface area contributed by atoms with Gasteiger partial charge < -0.3 is 0 Å². The van der Waals surface area contributed by atoms with Crippen molar-refractivity contribution in [1.29, 1.82) is 10.5 Å². The highest BCUT2D eigenvalue weighted by Gasteiger charge is 2.39. The Morgan fingerprint density at radius 1 is 1.05 bits per heavy atom. The number of aryl methyl sites for hydroxylation is 1. The van der Waals surface area contributed by atoms with Crippen LogP contribution in [0.5, 0.6) is 0 Å². The standard InChI is InChI=1S/C17H12ClN3/c18-14-6-3-12(4-7-14)15-8-5-13-2-1-9-17(10-19,11-20)16(13)21-15/h3-8H,1-2,9H2. The van der Waals surface area contributed by atoms with Crippen LogP contribution in [0.15, 0.2) is 36.4 Å². The minimum absolute atomic E-state index is 0.546. The third kappa shape index (κ3) is 2.27. The predicted octanol–water partition coefficient (Wildman–Crippen LogP) is 4.02. The minimum atomic E-state index is -1.12. The van der Waals surface area contributed by atoms with E-state index in [4.69, 9.17) is 11.6 Å². The largest absolute Gasteiger partial charge is 0.250 e. The molecular weight excluding hydrogens is 282 g/mol. The highest BCUT2D eigenvalue weighted by atomic mass is 35.5. The summed E-state index contributed by atoms with van der Waals surface area (Å²) in [7, 11) is 0. The first-order chi connectivity index (χ1) is 10.2. The molecule has 1 aliphatic rings. The van der Waals surface area contributed by atoms with Crippen LogP contribution in [0.25, 0.3) is 11.3 Å². The molecule has 2 aromatic rings. The number of aromatic nitrogens is 1. The van der Waals surface area contributed by atoms with Gasteiger partial charge in [0.2, 0.25) is 0 Å². The maximum Gasteiger partial charge on any atom is 0.185 e. The first-order valence-electron chi connectivity index (χ1n) is 6.77. The Kier molecular flexibility index (Phi) is 3.37. The normalized spacial score (nSPS) is 15.6. The fourth-order valence-electron chi connectivity index (χ4n) is 2.75. The van der Waals surface area contributed by atoms with Crippen molar-refractivity contribution in [2.24, 2.45) is 0 Å². The molecule has 3 nitrogen and oxygen atoms in total. The zero-order valence-electron chi connectivity index (χ0n) is 11.3. The van der Waals surface area contributed by atoms with Gasteiger partial charge in [0.1, 0.15) is 0 Å². The van der Waals surface area contributed by atoms with Crippen LogP contribution >= 0.6 is 11.6 Å². The number of nitriles is 2. The Hall–Kier alpha value is -2.36. The molecule has 1 aliphatic carbocycles. The maximum atomic E-state index is 9.46. The van der Waals surface area contributed by atoms with Crippen molar-refractivity contribution in [1.82, 2.24) is 4.98 Å². The number of pyridine rings is 1. The summed E-state index contributed by atoms with van der Waals surface area (Å²) in [5, 5.41) is 19.6. The molecule has 0 atom stereocenters. The lowest BCUT2D eigenvalue weighted by molar-refractivity contribution is 0.533. The number of hydrogen-bond donors (Lipinski definition) is 0. The molecule has 0 radical (unpaired) electrons. The van der Waals surface area contributed by atoms with Crippen molar-refractivity contribution in [3.05, 3.63) is 52.7 Å². The first-order valence-corrected chi connectivity index (χ1v) is 7.15. The Balaban J connectivity index is 2.14. The van der Waals surface area contributed by atoms with Crippen molar-refractivity contribution < 1.29 is 0 Å². The quantitative estimate of drug-likeness (QED) is 0.797. The van der Waals surface area contributed by atoms with Crippen LogP contribution in [0.2, 0.25) is 5.02 Å². The molecule has 1 aromatic heterocycles. The van der Waals surface area contributed by atoms with Crippen LogP contribution in [-0.4, -0.2) is 4.98 Å². The number of halogens is 1. The first kappa shape index (κ1) is 13.6. The van der Waals surface area contributed by atoms with Gasteiger partial charge in [-0.3, -0.25) is 0 Å². The second kappa shape index (κ2) is 5.20. The summed E-state index contributed by atoms with van der Waals surface area (Å²) >= 11 is 5.90. The van der Waals surface area contributed by atoms with Crippen LogP contribution < -0.4 is 0 Å². The smallest absolute Gasteiger partial charge is 0.185 e. The highest BCUT2D eigenvalue weighted by Crippen LogP contribution is 2.36. The van der Waals surface area contributed by atoms with E-state index in [-0.39, 0.29) is 0 Å². The van der Waals surface area contributed by atoms with Gasteiger partial charge in [0.05, 0.1) is 23.5 Å². The molecule has 102 valence electrons. The fourth-order valence-corrected chi connectivity index (χ4v) is 2.87. The van der Waals surface area contributed by atoms with Gasteiger partial charge in [0.25, 0.3) is 0 Å². The number of fused-ring (bicyclic) bond motifs is 1. The van der Waals surface area contributed by atoms with E-state index < -0.39 is 5.41 Å². The molecule has 0 saturated heterocycles. The molecule has 0 fully saturated rings. The molecule has 0 bridgehead atoms. The van der Waals surface area contributed by atoms with Gasteiger partial charge in [0.15, 0.2) is 5.41 Å². The maximum absolute atomic E-state index is 9.46. The molecule has 1 aromatic carbocycles. The van der Waals surface area contributed by atoms with E-state index in [0.717, 1.165) is 29.7 Å². The summed E-state index contributed by atoms with van der Waals surface area (Å²) in [5.41, 5.74) is 2.20. The molecule has 1 heterocycles. The molecule has 4 heteroatoms. The van der Waals surface area contributed by atoms with Gasteiger partial charge in [-0.2, -0.15) is 10.5 Å². The van der Waals surface area contributed by atoms with E-state index in [9.17, 15) is 10.5 Å². The predicted molar refractivity (Wildman–Crippen MR) is 80.5 cm³/mol. The molecule has 0 saturated carbocycles. The van der Waals surface area contributed by atoms with Gasteiger partial charge in [0, 0.05) is 10.6 Å². The molecule has 0 N–H and O–H groups in total. The number of nitrogens with zero attached hydrogens (tertiary/aromatic N) is 3. The summed E-state index contributed by atoms with van der Waals surface area (Å²) in [6.45, 7) is 0. The van der Waals surface area contributed by atoms with Crippen LogP contribution in [0.1, 0.15) is 24.1 Å². The van der Waals surface area contributed by atoms with Crippen LogP contribution in [0.3, 0.4) is 0 Å². The van der Waals surface area contributed by atoms with Crippen molar-refractivity contribution in [3.63, 3.8) is 0 Å². The fraction of sp³-hybridized carbons (Fsp3) is 0.235. The lowest BCUT2D eigenvalue weighted by atomic mass is 9.75. The summed E-state index contributed by atoms with van der Waals surface area (Å²) < 4.78 is 0. The average molecular weight is 294 g/mol. The van der Waals surface area contributed by atoms with E-state index in [1.165, 1.54) is 0 Å². The SMILES string of the molecule is N#CC1(C#N)CCCc2ccc(-c3ccc(Cl)cc3)nc21. The second-order valence-electron chi connectivity index (χ2n) is 5.19. The molecule has 3 rings (SSSR count). The molecule has 0 unspecified atom stereocenters. The number of hydrogen-bond acceptors (Lipinski definition) is 3. The molecular formula is C17H12ClN3. The Morgan fingerprint density at radius 3 is 2.43 bits per heavy atom. The summed E-state index contributed by atoms with van der Waals surface area (Å²) in [5.74, 6) is 0. The summed E-state index contributed by atoms with van der Waals surface area (Å²) in [6, 6.07) is 15.6.